The molecule has 3 nitrogen and oxygen atoms in total. The van der Waals surface area contributed by atoms with Crippen LogP contribution in [0.25, 0.3) is 0 Å². The number of benzene rings is 1. The second-order valence-corrected chi connectivity index (χ2v) is 4.18. The van der Waals surface area contributed by atoms with E-state index in [0.29, 0.717) is 10.3 Å². The quantitative estimate of drug-likeness (QED) is 0.880. The summed E-state index contributed by atoms with van der Waals surface area (Å²) < 4.78 is 14.1. The number of H-pyrrole nitrogens is 1. The number of imidazole rings is 1. The molecule has 0 aliphatic carbocycles. The van der Waals surface area contributed by atoms with Crippen molar-refractivity contribution in [3.8, 4) is 0 Å². The van der Waals surface area contributed by atoms with Crippen LogP contribution in [0.2, 0.25) is 0 Å². The van der Waals surface area contributed by atoms with E-state index in [4.69, 9.17) is 0 Å². The zero-order chi connectivity index (χ0) is 11.5. The van der Waals surface area contributed by atoms with Crippen molar-refractivity contribution in [3.63, 3.8) is 0 Å². The van der Waals surface area contributed by atoms with E-state index in [-0.39, 0.29) is 17.8 Å². The highest BCUT2D eigenvalue weighted by Gasteiger charge is 2.13. The zero-order valence-electron chi connectivity index (χ0n) is 8.21. The zero-order valence-corrected chi connectivity index (χ0v) is 9.79. The van der Waals surface area contributed by atoms with E-state index in [1.807, 2.05) is 0 Å². The van der Waals surface area contributed by atoms with Crippen LogP contribution < -0.4 is 0 Å². The summed E-state index contributed by atoms with van der Waals surface area (Å²) in [6.07, 6.45) is 3.25. The number of nitrogens with zero attached hydrogens (tertiary/aromatic N) is 1. The molecule has 0 saturated heterocycles. The Labute approximate surface area is 99.8 Å². The smallest absolute Gasteiger partial charge is 0.173 e. The second-order valence-electron chi connectivity index (χ2n) is 3.26. The summed E-state index contributed by atoms with van der Waals surface area (Å²) >= 11 is 3.20. The van der Waals surface area contributed by atoms with E-state index in [1.54, 1.807) is 18.5 Å². The number of aromatic nitrogens is 2. The van der Waals surface area contributed by atoms with Crippen LogP contribution in [0.1, 0.15) is 16.2 Å². The number of halogens is 2. The van der Waals surface area contributed by atoms with Gasteiger partial charge in [0.25, 0.3) is 0 Å². The van der Waals surface area contributed by atoms with Crippen LogP contribution in [0.5, 0.6) is 0 Å². The number of rotatable bonds is 3. The Morgan fingerprint density at radius 3 is 3.00 bits per heavy atom. The molecule has 0 amide bonds. The average Bonchev–Trinajstić information content (AvgIpc) is 2.74. The molecule has 16 heavy (non-hydrogen) atoms. The monoisotopic (exact) mass is 282 g/mol. The molecule has 0 bridgehead atoms. The minimum atomic E-state index is -0.514. The van der Waals surface area contributed by atoms with Gasteiger partial charge in [0.2, 0.25) is 0 Å². The summed E-state index contributed by atoms with van der Waals surface area (Å²) in [7, 11) is 0. The fraction of sp³-hybridized carbons (Fsp3) is 0.0909. The Bertz CT molecular complexity index is 511. The van der Waals surface area contributed by atoms with Crippen LogP contribution in [0.3, 0.4) is 0 Å². The Morgan fingerprint density at radius 1 is 1.50 bits per heavy atom. The van der Waals surface area contributed by atoms with Crippen molar-refractivity contribution in [1.29, 1.82) is 0 Å². The summed E-state index contributed by atoms with van der Waals surface area (Å²) in [6, 6.07) is 4.29. The van der Waals surface area contributed by atoms with Gasteiger partial charge in [-0.05, 0) is 18.2 Å². The summed E-state index contributed by atoms with van der Waals surface area (Å²) in [5.74, 6) is -0.280. The Kier molecular flexibility index (Phi) is 3.14. The SMILES string of the molecule is O=C(Cc1ncc[nH]1)c1cc(Br)ccc1F. The molecule has 0 spiro atoms. The van der Waals surface area contributed by atoms with Crippen LogP contribution in [-0.2, 0) is 6.42 Å². The largest absolute Gasteiger partial charge is 0.348 e. The minimum absolute atomic E-state index is 0.0698. The van der Waals surface area contributed by atoms with E-state index < -0.39 is 5.82 Å². The molecule has 0 aliphatic rings. The summed E-state index contributed by atoms with van der Waals surface area (Å²) in [5.41, 5.74) is 0.0748. The van der Waals surface area contributed by atoms with Crippen LogP contribution in [-0.4, -0.2) is 15.8 Å². The molecule has 0 radical (unpaired) electrons. The van der Waals surface area contributed by atoms with E-state index in [1.165, 1.54) is 12.1 Å². The number of aromatic amines is 1. The van der Waals surface area contributed by atoms with Crippen molar-refractivity contribution in [2.24, 2.45) is 0 Å². The van der Waals surface area contributed by atoms with Crippen molar-refractivity contribution in [3.05, 3.63) is 52.3 Å². The molecule has 1 N–H and O–H groups in total. The number of nitrogens with one attached hydrogen (secondary N) is 1. The molecule has 0 aliphatic heterocycles. The highest BCUT2D eigenvalue weighted by atomic mass is 79.9. The van der Waals surface area contributed by atoms with Gasteiger partial charge in [-0.2, -0.15) is 0 Å². The van der Waals surface area contributed by atoms with Gasteiger partial charge in [-0.15, -0.1) is 0 Å². The summed E-state index contributed by atoms with van der Waals surface area (Å²) in [6.45, 7) is 0. The van der Waals surface area contributed by atoms with Gasteiger partial charge >= 0.3 is 0 Å². The molecule has 2 aromatic rings. The molecular formula is C11H8BrFN2O. The predicted octanol–water partition coefficient (Wildman–Crippen LogP) is 2.74. The Balaban J connectivity index is 2.24. The summed E-state index contributed by atoms with van der Waals surface area (Å²) in [5, 5.41) is 0. The highest BCUT2D eigenvalue weighted by Crippen LogP contribution is 2.16. The van der Waals surface area contributed by atoms with Crippen molar-refractivity contribution in [2.75, 3.05) is 0 Å². The molecule has 5 heteroatoms. The Morgan fingerprint density at radius 2 is 2.31 bits per heavy atom. The third kappa shape index (κ3) is 2.36. The highest BCUT2D eigenvalue weighted by molar-refractivity contribution is 9.10. The molecule has 0 atom stereocenters. The first-order valence-corrected chi connectivity index (χ1v) is 5.42. The summed E-state index contributed by atoms with van der Waals surface area (Å²) in [4.78, 5) is 18.5. The molecule has 0 unspecified atom stereocenters. The molecule has 1 aromatic carbocycles. The average molecular weight is 283 g/mol. The van der Waals surface area contributed by atoms with Crippen LogP contribution in [0.15, 0.2) is 35.1 Å². The Hall–Kier alpha value is -1.49. The number of ketones is 1. The maximum Gasteiger partial charge on any atom is 0.173 e. The van der Waals surface area contributed by atoms with Crippen LogP contribution >= 0.6 is 15.9 Å². The van der Waals surface area contributed by atoms with Gasteiger partial charge < -0.3 is 4.98 Å². The van der Waals surface area contributed by atoms with Crippen molar-refractivity contribution in [2.45, 2.75) is 6.42 Å². The third-order valence-corrected chi connectivity index (χ3v) is 2.60. The minimum Gasteiger partial charge on any atom is -0.348 e. The molecule has 0 fully saturated rings. The lowest BCUT2D eigenvalue weighted by Crippen LogP contribution is -2.07. The molecule has 0 saturated carbocycles. The first-order valence-electron chi connectivity index (χ1n) is 4.63. The standard InChI is InChI=1S/C11H8BrFN2O/c12-7-1-2-9(13)8(5-7)10(16)6-11-14-3-4-15-11/h1-5H,6H2,(H,14,15). The molecule has 82 valence electrons. The fourth-order valence-electron chi connectivity index (χ4n) is 1.35. The van der Waals surface area contributed by atoms with Gasteiger partial charge in [-0.25, -0.2) is 9.37 Å². The maximum absolute atomic E-state index is 13.4. The number of carbonyl (C=O) groups excluding carboxylic acids is 1. The van der Waals surface area contributed by atoms with Crippen molar-refractivity contribution < 1.29 is 9.18 Å². The second kappa shape index (κ2) is 4.57. The number of Topliss-reactive ketones (excluding diaryl/α,β-unsaturated/α-hetero) is 1. The van der Waals surface area contributed by atoms with Crippen molar-refractivity contribution in [1.82, 2.24) is 9.97 Å². The molecule has 2 rings (SSSR count). The first kappa shape index (κ1) is 11.0. The lowest BCUT2D eigenvalue weighted by atomic mass is 10.1. The van der Waals surface area contributed by atoms with Crippen LogP contribution in [0, 0.1) is 5.82 Å². The van der Waals surface area contributed by atoms with Gasteiger partial charge in [-0.3, -0.25) is 4.79 Å². The lowest BCUT2D eigenvalue weighted by molar-refractivity contribution is 0.0987. The lowest BCUT2D eigenvalue weighted by Gasteiger charge is -2.01. The maximum atomic E-state index is 13.4. The molecule has 1 aromatic heterocycles. The molecule has 1 heterocycles. The molecular weight excluding hydrogens is 275 g/mol. The number of carbonyl (C=O) groups is 1. The van der Waals surface area contributed by atoms with Gasteiger partial charge in [0.15, 0.2) is 5.78 Å². The van der Waals surface area contributed by atoms with Crippen molar-refractivity contribution >= 4 is 21.7 Å². The number of hydrogen-bond acceptors (Lipinski definition) is 2. The van der Waals surface area contributed by atoms with E-state index >= 15 is 0 Å². The van der Waals surface area contributed by atoms with Gasteiger partial charge in [0, 0.05) is 16.9 Å². The van der Waals surface area contributed by atoms with Gasteiger partial charge in [0.1, 0.15) is 11.6 Å². The van der Waals surface area contributed by atoms with Gasteiger partial charge in [0.05, 0.1) is 12.0 Å². The fourth-order valence-corrected chi connectivity index (χ4v) is 1.71. The van der Waals surface area contributed by atoms with Crippen LogP contribution in [0.4, 0.5) is 4.39 Å². The predicted molar refractivity (Wildman–Crippen MR) is 60.7 cm³/mol. The van der Waals surface area contributed by atoms with E-state index in [9.17, 15) is 9.18 Å². The topological polar surface area (TPSA) is 45.8 Å². The van der Waals surface area contributed by atoms with E-state index in [2.05, 4.69) is 25.9 Å². The van der Waals surface area contributed by atoms with E-state index in [0.717, 1.165) is 0 Å². The third-order valence-electron chi connectivity index (χ3n) is 2.11. The number of hydrogen-bond donors (Lipinski definition) is 1. The first-order chi connectivity index (χ1) is 7.66. The normalized spacial score (nSPS) is 10.4. The van der Waals surface area contributed by atoms with Gasteiger partial charge in [-0.1, -0.05) is 15.9 Å².